The molecule has 0 N–H and O–H groups in total. The number of hydrogen-bond donors (Lipinski definition) is 0. The Morgan fingerprint density at radius 2 is 1.85 bits per heavy atom. The van der Waals surface area contributed by atoms with Crippen LogP contribution in [0.5, 0.6) is 0 Å². The maximum Gasteiger partial charge on any atom is 0.365 e. The Bertz CT molecular complexity index is 881. The molecular weight excluding hydrogens is 352 g/mol. The van der Waals surface area contributed by atoms with Crippen LogP contribution in [0, 0.1) is 6.92 Å². The summed E-state index contributed by atoms with van der Waals surface area (Å²) in [6, 6.07) is 9.56. The van der Waals surface area contributed by atoms with Crippen LogP contribution in [0.15, 0.2) is 61.5 Å². The highest BCUT2D eigenvalue weighted by Gasteiger charge is 2.18. The number of aromatic nitrogens is 2. The monoisotopic (exact) mass is 376 g/mol. The van der Waals surface area contributed by atoms with Crippen molar-refractivity contribution in [2.45, 2.75) is 37.2 Å². The SMILES string of the molecule is COCCOn1c(Sc2ccccc2)c(C)c(=O)n(CC=C(C)C)c1=O. The van der Waals surface area contributed by atoms with Gasteiger partial charge in [-0.15, -0.1) is 4.73 Å². The highest BCUT2D eigenvalue weighted by molar-refractivity contribution is 7.99. The van der Waals surface area contributed by atoms with Gasteiger partial charge in [0.15, 0.2) is 0 Å². The molecule has 0 unspecified atom stereocenters. The molecule has 0 atom stereocenters. The van der Waals surface area contributed by atoms with Crippen LogP contribution in [0.2, 0.25) is 0 Å². The minimum Gasteiger partial charge on any atom is -0.406 e. The van der Waals surface area contributed by atoms with E-state index in [1.807, 2.05) is 50.3 Å². The number of hydrogen-bond acceptors (Lipinski definition) is 5. The molecule has 2 aromatic rings. The summed E-state index contributed by atoms with van der Waals surface area (Å²) in [6.45, 7) is 6.32. The van der Waals surface area contributed by atoms with E-state index in [2.05, 4.69) is 0 Å². The molecular formula is C19H24N2O4S. The van der Waals surface area contributed by atoms with Gasteiger partial charge < -0.3 is 9.57 Å². The minimum absolute atomic E-state index is 0.207. The third-order valence-electron chi connectivity index (χ3n) is 3.62. The molecule has 2 rings (SSSR count). The van der Waals surface area contributed by atoms with Crippen molar-refractivity contribution in [3.8, 4) is 0 Å². The quantitative estimate of drug-likeness (QED) is 0.402. The topological polar surface area (TPSA) is 62.5 Å². The summed E-state index contributed by atoms with van der Waals surface area (Å²) in [4.78, 5) is 32.2. The van der Waals surface area contributed by atoms with Gasteiger partial charge in [0, 0.05) is 24.1 Å². The molecule has 1 aromatic carbocycles. The van der Waals surface area contributed by atoms with Crippen molar-refractivity contribution in [1.29, 1.82) is 0 Å². The van der Waals surface area contributed by atoms with Crippen LogP contribution in [0.25, 0.3) is 0 Å². The van der Waals surface area contributed by atoms with Gasteiger partial charge in [0.25, 0.3) is 5.56 Å². The maximum absolute atomic E-state index is 12.9. The second-order valence-corrected chi connectivity index (χ2v) is 7.01. The second kappa shape index (κ2) is 9.45. The van der Waals surface area contributed by atoms with Gasteiger partial charge in [-0.05, 0) is 32.9 Å². The zero-order valence-corrected chi connectivity index (χ0v) is 16.3. The van der Waals surface area contributed by atoms with Gasteiger partial charge in [-0.25, -0.2) is 4.79 Å². The summed E-state index contributed by atoms with van der Waals surface area (Å²) >= 11 is 1.33. The van der Waals surface area contributed by atoms with Crippen molar-refractivity contribution in [3.63, 3.8) is 0 Å². The predicted octanol–water partition coefficient (Wildman–Crippen LogP) is 2.51. The third kappa shape index (κ3) is 4.89. The predicted molar refractivity (Wildman–Crippen MR) is 103 cm³/mol. The molecule has 0 aliphatic carbocycles. The van der Waals surface area contributed by atoms with Crippen LogP contribution >= 0.6 is 11.8 Å². The van der Waals surface area contributed by atoms with E-state index in [-0.39, 0.29) is 18.7 Å². The Labute approximate surface area is 157 Å². The first-order valence-corrected chi connectivity index (χ1v) is 9.12. The molecule has 6 nitrogen and oxygen atoms in total. The smallest absolute Gasteiger partial charge is 0.365 e. The van der Waals surface area contributed by atoms with Crippen molar-refractivity contribution in [2.75, 3.05) is 20.3 Å². The Balaban J connectivity index is 2.55. The van der Waals surface area contributed by atoms with Crippen LogP contribution in [-0.4, -0.2) is 29.6 Å². The van der Waals surface area contributed by atoms with Gasteiger partial charge in [0.2, 0.25) is 0 Å². The van der Waals surface area contributed by atoms with Crippen LogP contribution in [-0.2, 0) is 11.3 Å². The molecule has 0 amide bonds. The lowest BCUT2D eigenvalue weighted by molar-refractivity contribution is 0.0353. The minimum atomic E-state index is -0.493. The molecule has 0 fully saturated rings. The van der Waals surface area contributed by atoms with E-state index in [1.165, 1.54) is 21.1 Å². The molecule has 1 aromatic heterocycles. The molecule has 0 saturated heterocycles. The Kier molecular flexibility index (Phi) is 7.29. The van der Waals surface area contributed by atoms with Gasteiger partial charge >= 0.3 is 5.69 Å². The lowest BCUT2D eigenvalue weighted by atomic mass is 10.3. The first-order chi connectivity index (χ1) is 12.5. The van der Waals surface area contributed by atoms with Crippen LogP contribution in [0.4, 0.5) is 0 Å². The van der Waals surface area contributed by atoms with Gasteiger partial charge in [-0.1, -0.05) is 41.6 Å². The standard InChI is InChI=1S/C19H24N2O4S/c1-14(2)10-11-20-17(22)15(3)18(26-16-8-6-5-7-9-16)21(19(20)23)25-13-12-24-4/h5-10H,11-13H2,1-4H3. The van der Waals surface area contributed by atoms with Crippen LogP contribution in [0.1, 0.15) is 19.4 Å². The van der Waals surface area contributed by atoms with Crippen LogP contribution in [0.3, 0.4) is 0 Å². The summed E-state index contributed by atoms with van der Waals surface area (Å²) in [6.07, 6.45) is 1.84. The first-order valence-electron chi connectivity index (χ1n) is 8.30. The van der Waals surface area contributed by atoms with Crippen molar-refractivity contribution in [3.05, 3.63) is 68.4 Å². The summed E-state index contributed by atoms with van der Waals surface area (Å²) in [5, 5.41) is 0.482. The normalized spacial score (nSPS) is 10.6. The molecule has 140 valence electrons. The molecule has 0 bridgehead atoms. The summed E-state index contributed by atoms with van der Waals surface area (Å²) in [5.41, 5.74) is 0.701. The maximum atomic E-state index is 12.9. The fourth-order valence-corrected chi connectivity index (χ4v) is 3.18. The highest BCUT2D eigenvalue weighted by Crippen LogP contribution is 2.27. The van der Waals surface area contributed by atoms with Crippen LogP contribution < -0.4 is 16.1 Å². The third-order valence-corrected chi connectivity index (χ3v) is 4.80. The van der Waals surface area contributed by atoms with E-state index in [9.17, 15) is 9.59 Å². The van der Waals surface area contributed by atoms with E-state index in [0.717, 1.165) is 10.5 Å². The molecule has 1 heterocycles. The Morgan fingerprint density at radius 1 is 1.15 bits per heavy atom. The number of nitrogens with zero attached hydrogens (tertiary/aromatic N) is 2. The van der Waals surface area contributed by atoms with Crippen molar-refractivity contribution < 1.29 is 9.57 Å². The lowest BCUT2D eigenvalue weighted by Crippen LogP contribution is -2.44. The zero-order valence-electron chi connectivity index (χ0n) is 15.5. The fourth-order valence-electron chi connectivity index (χ4n) is 2.21. The average molecular weight is 376 g/mol. The Morgan fingerprint density at radius 3 is 2.46 bits per heavy atom. The second-order valence-electron chi connectivity index (χ2n) is 5.95. The van der Waals surface area contributed by atoms with Gasteiger partial charge in [-0.2, -0.15) is 0 Å². The molecule has 0 saturated carbocycles. The van der Waals surface area contributed by atoms with E-state index in [1.54, 1.807) is 14.0 Å². The number of rotatable bonds is 8. The summed E-state index contributed by atoms with van der Waals surface area (Å²) in [7, 11) is 1.56. The molecule has 0 spiro atoms. The van der Waals surface area contributed by atoms with Crippen molar-refractivity contribution in [2.24, 2.45) is 0 Å². The molecule has 26 heavy (non-hydrogen) atoms. The summed E-state index contributed by atoms with van der Waals surface area (Å²) < 4.78 is 7.38. The van der Waals surface area contributed by atoms with Crippen molar-refractivity contribution in [1.82, 2.24) is 9.30 Å². The van der Waals surface area contributed by atoms with Gasteiger partial charge in [-0.3, -0.25) is 9.36 Å². The fraction of sp³-hybridized carbons (Fsp3) is 0.368. The van der Waals surface area contributed by atoms with Crippen molar-refractivity contribution >= 4 is 11.8 Å². The van der Waals surface area contributed by atoms with E-state index in [0.29, 0.717) is 17.2 Å². The van der Waals surface area contributed by atoms with Gasteiger partial charge in [0.05, 0.1) is 6.61 Å². The Hall–Kier alpha value is -2.25. The number of ether oxygens (including phenoxy) is 1. The molecule has 7 heteroatoms. The number of allylic oxidation sites excluding steroid dienone is 2. The van der Waals surface area contributed by atoms with E-state index >= 15 is 0 Å². The zero-order chi connectivity index (χ0) is 19.1. The number of methoxy groups -OCH3 is 1. The molecule has 0 radical (unpaired) electrons. The molecule has 0 aliphatic rings. The average Bonchev–Trinajstić information content (AvgIpc) is 2.62. The highest BCUT2D eigenvalue weighted by atomic mass is 32.2. The largest absolute Gasteiger partial charge is 0.406 e. The lowest BCUT2D eigenvalue weighted by Gasteiger charge is -2.17. The van der Waals surface area contributed by atoms with Gasteiger partial charge in [0.1, 0.15) is 11.6 Å². The summed E-state index contributed by atoms with van der Waals surface area (Å²) in [5.74, 6) is 0. The first kappa shape index (κ1) is 20.1. The van der Waals surface area contributed by atoms with E-state index in [4.69, 9.17) is 9.57 Å². The van der Waals surface area contributed by atoms with E-state index < -0.39 is 5.69 Å². The molecule has 0 aliphatic heterocycles. The number of benzene rings is 1.